The predicted octanol–water partition coefficient (Wildman–Crippen LogP) is -0.473. The summed E-state index contributed by atoms with van der Waals surface area (Å²) in [6.07, 6.45) is 2.37. The van der Waals surface area contributed by atoms with Gasteiger partial charge in [-0.15, -0.1) is 0 Å². The maximum absolute atomic E-state index is 12.3. The van der Waals surface area contributed by atoms with Crippen molar-refractivity contribution in [2.24, 2.45) is 5.92 Å². The smallest absolute Gasteiger partial charge is 0.227 e. The molecule has 0 radical (unpaired) electrons. The van der Waals surface area contributed by atoms with Crippen LogP contribution < -0.4 is 5.32 Å². The number of hydrogen-bond acceptors (Lipinski definition) is 4. The number of nitrogens with one attached hydrogen (secondary N) is 1. The fourth-order valence-electron chi connectivity index (χ4n) is 3.39. The van der Waals surface area contributed by atoms with Crippen LogP contribution >= 0.6 is 0 Å². The SMILES string of the molecule is CN1CCOC(CN2CC3NCCCC3C2=O)C1. The Kier molecular flexibility index (Phi) is 3.54. The lowest BCUT2D eigenvalue weighted by atomic mass is 9.94. The summed E-state index contributed by atoms with van der Waals surface area (Å²) in [4.78, 5) is 16.6. The first-order valence-corrected chi connectivity index (χ1v) is 7.06. The van der Waals surface area contributed by atoms with Crippen LogP contribution in [0.15, 0.2) is 0 Å². The van der Waals surface area contributed by atoms with Crippen LogP contribution in [0.25, 0.3) is 0 Å². The quantitative estimate of drug-likeness (QED) is 0.722. The predicted molar refractivity (Wildman–Crippen MR) is 68.3 cm³/mol. The molecule has 3 heterocycles. The number of hydrogen-bond donors (Lipinski definition) is 1. The summed E-state index contributed by atoms with van der Waals surface area (Å²) in [6.45, 7) is 5.41. The van der Waals surface area contributed by atoms with Gasteiger partial charge in [0.15, 0.2) is 0 Å². The summed E-state index contributed by atoms with van der Waals surface area (Å²) in [6, 6.07) is 0.382. The lowest BCUT2D eigenvalue weighted by molar-refractivity contribution is -0.134. The molecule has 1 amide bonds. The van der Waals surface area contributed by atoms with E-state index in [4.69, 9.17) is 4.74 Å². The van der Waals surface area contributed by atoms with Gasteiger partial charge in [0.1, 0.15) is 0 Å². The Hall–Kier alpha value is -0.650. The summed E-state index contributed by atoms with van der Waals surface area (Å²) < 4.78 is 5.76. The van der Waals surface area contributed by atoms with Crippen LogP contribution in [0.4, 0.5) is 0 Å². The van der Waals surface area contributed by atoms with E-state index in [1.807, 2.05) is 4.90 Å². The zero-order chi connectivity index (χ0) is 12.5. The summed E-state index contributed by atoms with van der Waals surface area (Å²) in [7, 11) is 2.11. The van der Waals surface area contributed by atoms with Crippen molar-refractivity contribution in [3.8, 4) is 0 Å². The van der Waals surface area contributed by atoms with Gasteiger partial charge in [-0.05, 0) is 26.4 Å². The number of amides is 1. The van der Waals surface area contributed by atoms with Gasteiger partial charge in [-0.3, -0.25) is 4.79 Å². The van der Waals surface area contributed by atoms with Gasteiger partial charge in [0, 0.05) is 32.2 Å². The Bertz CT molecular complexity index is 323. The van der Waals surface area contributed by atoms with E-state index in [2.05, 4.69) is 17.3 Å². The van der Waals surface area contributed by atoms with Crippen LogP contribution in [0.2, 0.25) is 0 Å². The Morgan fingerprint density at radius 2 is 2.33 bits per heavy atom. The molecule has 3 aliphatic heterocycles. The first-order valence-electron chi connectivity index (χ1n) is 7.06. The van der Waals surface area contributed by atoms with Crippen LogP contribution in [-0.2, 0) is 9.53 Å². The largest absolute Gasteiger partial charge is 0.374 e. The minimum Gasteiger partial charge on any atom is -0.374 e. The van der Waals surface area contributed by atoms with E-state index < -0.39 is 0 Å². The standard InChI is InChI=1S/C13H23N3O2/c1-15-5-6-18-10(7-15)8-16-9-12-11(13(16)17)3-2-4-14-12/h10-12,14H,2-9H2,1H3. The first kappa shape index (κ1) is 12.4. The number of likely N-dealkylation sites (N-methyl/N-ethyl adjacent to an activating group) is 1. The number of nitrogens with zero attached hydrogens (tertiary/aromatic N) is 2. The molecule has 0 saturated carbocycles. The fourth-order valence-corrected chi connectivity index (χ4v) is 3.39. The molecule has 3 rings (SSSR count). The van der Waals surface area contributed by atoms with Crippen LogP contribution in [0.1, 0.15) is 12.8 Å². The molecule has 102 valence electrons. The van der Waals surface area contributed by atoms with Crippen molar-refractivity contribution >= 4 is 5.91 Å². The highest BCUT2D eigenvalue weighted by Gasteiger charge is 2.42. The molecule has 0 aromatic carbocycles. The van der Waals surface area contributed by atoms with Crippen molar-refractivity contribution in [2.45, 2.75) is 25.0 Å². The van der Waals surface area contributed by atoms with E-state index in [0.717, 1.165) is 52.2 Å². The van der Waals surface area contributed by atoms with Crippen molar-refractivity contribution in [3.05, 3.63) is 0 Å². The molecule has 0 aliphatic carbocycles. The number of morpholine rings is 1. The van der Waals surface area contributed by atoms with Crippen LogP contribution in [0.3, 0.4) is 0 Å². The van der Waals surface area contributed by atoms with Gasteiger partial charge in [0.05, 0.1) is 18.6 Å². The molecule has 5 nitrogen and oxygen atoms in total. The Morgan fingerprint density at radius 3 is 3.11 bits per heavy atom. The highest BCUT2D eigenvalue weighted by atomic mass is 16.5. The number of likely N-dealkylation sites (tertiary alicyclic amines) is 1. The minimum atomic E-state index is 0.188. The van der Waals surface area contributed by atoms with Crippen molar-refractivity contribution in [1.29, 1.82) is 0 Å². The number of piperidine rings is 1. The molecule has 0 aromatic rings. The van der Waals surface area contributed by atoms with Gasteiger partial charge in [0.25, 0.3) is 0 Å². The zero-order valence-electron chi connectivity index (χ0n) is 11.1. The van der Waals surface area contributed by atoms with Crippen molar-refractivity contribution in [2.75, 3.05) is 46.4 Å². The third kappa shape index (κ3) is 2.39. The molecule has 0 spiro atoms. The number of ether oxygens (including phenoxy) is 1. The number of rotatable bonds is 2. The van der Waals surface area contributed by atoms with E-state index >= 15 is 0 Å². The molecule has 18 heavy (non-hydrogen) atoms. The molecule has 0 bridgehead atoms. The average molecular weight is 253 g/mol. The van der Waals surface area contributed by atoms with Gasteiger partial charge < -0.3 is 19.9 Å². The maximum Gasteiger partial charge on any atom is 0.227 e. The molecule has 3 aliphatic rings. The lowest BCUT2D eigenvalue weighted by Crippen LogP contribution is -2.46. The molecule has 3 atom stereocenters. The van der Waals surface area contributed by atoms with E-state index in [1.165, 1.54) is 0 Å². The van der Waals surface area contributed by atoms with Crippen LogP contribution in [0, 0.1) is 5.92 Å². The third-order valence-electron chi connectivity index (χ3n) is 4.40. The van der Waals surface area contributed by atoms with Crippen LogP contribution in [-0.4, -0.2) is 74.2 Å². The minimum absolute atomic E-state index is 0.188. The topological polar surface area (TPSA) is 44.8 Å². The summed E-state index contributed by atoms with van der Waals surface area (Å²) in [5.41, 5.74) is 0. The van der Waals surface area contributed by atoms with Gasteiger partial charge >= 0.3 is 0 Å². The Morgan fingerprint density at radius 1 is 1.44 bits per heavy atom. The second-order valence-corrected chi connectivity index (χ2v) is 5.81. The molecule has 3 unspecified atom stereocenters. The monoisotopic (exact) mass is 253 g/mol. The number of carbonyl (C=O) groups is 1. The molecular weight excluding hydrogens is 230 g/mol. The highest BCUT2D eigenvalue weighted by molar-refractivity contribution is 5.82. The van der Waals surface area contributed by atoms with Crippen molar-refractivity contribution < 1.29 is 9.53 Å². The number of fused-ring (bicyclic) bond motifs is 1. The van der Waals surface area contributed by atoms with Gasteiger partial charge in [-0.25, -0.2) is 0 Å². The Balaban J connectivity index is 1.58. The average Bonchev–Trinajstić information content (AvgIpc) is 2.67. The third-order valence-corrected chi connectivity index (χ3v) is 4.40. The normalized spacial score (nSPS) is 37.9. The van der Waals surface area contributed by atoms with E-state index in [1.54, 1.807) is 0 Å². The molecule has 1 N–H and O–H groups in total. The van der Waals surface area contributed by atoms with E-state index in [9.17, 15) is 4.79 Å². The summed E-state index contributed by atoms with van der Waals surface area (Å²) in [5.74, 6) is 0.559. The van der Waals surface area contributed by atoms with Crippen molar-refractivity contribution in [1.82, 2.24) is 15.1 Å². The van der Waals surface area contributed by atoms with E-state index in [0.29, 0.717) is 11.9 Å². The first-order chi connectivity index (χ1) is 8.74. The van der Waals surface area contributed by atoms with Crippen molar-refractivity contribution in [3.63, 3.8) is 0 Å². The summed E-state index contributed by atoms with van der Waals surface area (Å²) in [5, 5.41) is 3.47. The van der Waals surface area contributed by atoms with Gasteiger partial charge in [0.2, 0.25) is 5.91 Å². The zero-order valence-corrected chi connectivity index (χ0v) is 11.1. The maximum atomic E-state index is 12.3. The molecular formula is C13H23N3O2. The summed E-state index contributed by atoms with van der Waals surface area (Å²) >= 11 is 0. The van der Waals surface area contributed by atoms with Crippen LogP contribution in [0.5, 0.6) is 0 Å². The highest BCUT2D eigenvalue weighted by Crippen LogP contribution is 2.26. The second kappa shape index (κ2) is 5.15. The fraction of sp³-hybridized carbons (Fsp3) is 0.923. The second-order valence-electron chi connectivity index (χ2n) is 5.81. The van der Waals surface area contributed by atoms with Gasteiger partial charge in [-0.1, -0.05) is 0 Å². The number of carbonyl (C=O) groups excluding carboxylic acids is 1. The molecule has 3 saturated heterocycles. The lowest BCUT2D eigenvalue weighted by Gasteiger charge is -2.32. The molecule has 5 heteroatoms. The van der Waals surface area contributed by atoms with Gasteiger partial charge in [-0.2, -0.15) is 0 Å². The molecule has 3 fully saturated rings. The molecule has 0 aromatic heterocycles. The Labute approximate surface area is 108 Å². The van der Waals surface area contributed by atoms with E-state index in [-0.39, 0.29) is 12.0 Å².